The number of rotatable bonds is 6. The van der Waals surface area contributed by atoms with E-state index in [1.165, 1.54) is 16.7 Å². The highest BCUT2D eigenvalue weighted by Gasteiger charge is 2.33. The second kappa shape index (κ2) is 19.0. The van der Waals surface area contributed by atoms with Gasteiger partial charge in [0.05, 0.1) is 5.69 Å². The van der Waals surface area contributed by atoms with Gasteiger partial charge < -0.3 is 0 Å². The molecule has 2 atom stereocenters. The fourth-order valence-corrected chi connectivity index (χ4v) is 3.96. The zero-order valence-corrected chi connectivity index (χ0v) is 25.0. The monoisotopic (exact) mass is 497 g/mol. The van der Waals surface area contributed by atoms with Crippen molar-refractivity contribution < 1.29 is 0 Å². The fourth-order valence-electron chi connectivity index (χ4n) is 3.96. The van der Waals surface area contributed by atoms with Crippen molar-refractivity contribution in [2.24, 2.45) is 16.3 Å². The Labute approximate surface area is 229 Å². The van der Waals surface area contributed by atoms with Crippen molar-refractivity contribution in [1.29, 1.82) is 0 Å². The lowest BCUT2D eigenvalue weighted by atomic mass is 9.67. The standard InChI is InChI=1S/C22H29N.C7H8.C5H8.C2H6/c1-6-16-22(5,7-2)20-14-10-9-13-19(20)18(4)23-21-15-11-8-12-17(21)3;1-7-5-3-2-4-6-7;1-4-5(2)3;1-2/h6,8-13,15-16,20H,7,14H2,1-5H3;2-6H,1H3;4H,1-2H2,3H3;1-2H3. The SMILES string of the molecule is C=CC(=C)C.CC.CC=CC(C)(CC)C1CC=CC=C1C(C)=Nc1ccccc1C.Cc1ccccc1. The third kappa shape index (κ3) is 12.6. The largest absolute Gasteiger partial charge is 0.253 e. The minimum Gasteiger partial charge on any atom is -0.253 e. The molecule has 0 spiro atoms. The lowest BCUT2D eigenvalue weighted by Crippen LogP contribution is -2.29. The van der Waals surface area contributed by atoms with E-state index in [-0.39, 0.29) is 5.41 Å². The number of hydrogen-bond donors (Lipinski definition) is 0. The normalized spacial score (nSPS) is 16.0. The second-order valence-electron chi connectivity index (χ2n) is 9.39. The van der Waals surface area contributed by atoms with Crippen LogP contribution in [-0.2, 0) is 0 Å². The lowest BCUT2D eigenvalue weighted by molar-refractivity contribution is 0.289. The van der Waals surface area contributed by atoms with Crippen LogP contribution in [0.25, 0.3) is 0 Å². The van der Waals surface area contributed by atoms with Crippen LogP contribution in [-0.4, -0.2) is 5.71 Å². The number of nitrogens with zero attached hydrogens (tertiary/aromatic N) is 1. The highest BCUT2D eigenvalue weighted by molar-refractivity contribution is 6.01. The van der Waals surface area contributed by atoms with Crippen LogP contribution in [0.2, 0.25) is 0 Å². The first-order chi connectivity index (χ1) is 17.7. The Morgan fingerprint density at radius 1 is 1.03 bits per heavy atom. The lowest BCUT2D eigenvalue weighted by Gasteiger charge is -2.37. The average molecular weight is 498 g/mol. The van der Waals surface area contributed by atoms with Crippen LogP contribution in [0.1, 0.15) is 72.4 Å². The van der Waals surface area contributed by atoms with Gasteiger partial charge in [-0.05, 0) is 76.0 Å². The Hall–Kier alpha value is -3.19. The molecule has 0 saturated heterocycles. The molecule has 37 heavy (non-hydrogen) atoms. The Morgan fingerprint density at radius 2 is 1.59 bits per heavy atom. The molecule has 0 radical (unpaired) electrons. The first kappa shape index (κ1) is 33.8. The number of para-hydroxylation sites is 1. The highest BCUT2D eigenvalue weighted by atomic mass is 14.8. The molecule has 0 amide bonds. The van der Waals surface area contributed by atoms with Crippen LogP contribution in [0.15, 0.2) is 120 Å². The van der Waals surface area contributed by atoms with Crippen molar-refractivity contribution in [2.45, 2.75) is 75.2 Å². The van der Waals surface area contributed by atoms with Gasteiger partial charge in [-0.15, -0.1) is 0 Å². The van der Waals surface area contributed by atoms with Crippen molar-refractivity contribution in [2.75, 3.05) is 0 Å². The topological polar surface area (TPSA) is 12.4 Å². The highest BCUT2D eigenvalue weighted by Crippen LogP contribution is 2.42. The van der Waals surface area contributed by atoms with Crippen LogP contribution in [0.5, 0.6) is 0 Å². The summed E-state index contributed by atoms with van der Waals surface area (Å²) in [6.07, 6.45) is 15.2. The smallest absolute Gasteiger partial charge is 0.0662 e. The van der Waals surface area contributed by atoms with Crippen LogP contribution >= 0.6 is 0 Å². The molecule has 0 N–H and O–H groups in total. The Morgan fingerprint density at radius 3 is 2.05 bits per heavy atom. The van der Waals surface area contributed by atoms with Gasteiger partial charge in [0.1, 0.15) is 0 Å². The minimum atomic E-state index is 0.174. The molecular formula is C36H51N. The van der Waals surface area contributed by atoms with Gasteiger partial charge in [-0.2, -0.15) is 0 Å². The molecule has 0 saturated carbocycles. The van der Waals surface area contributed by atoms with Crippen molar-refractivity contribution >= 4 is 11.4 Å². The van der Waals surface area contributed by atoms with Crippen molar-refractivity contribution in [3.05, 3.63) is 126 Å². The number of benzene rings is 2. The van der Waals surface area contributed by atoms with Crippen molar-refractivity contribution in [1.82, 2.24) is 0 Å². The summed E-state index contributed by atoms with van der Waals surface area (Å²) in [5, 5.41) is 0. The number of allylic oxidation sites excluding steroid dienone is 8. The average Bonchev–Trinajstić information content (AvgIpc) is 2.92. The van der Waals surface area contributed by atoms with Gasteiger partial charge >= 0.3 is 0 Å². The van der Waals surface area contributed by atoms with Crippen LogP contribution in [0.4, 0.5) is 5.69 Å². The fraction of sp³-hybridized carbons (Fsp3) is 0.361. The summed E-state index contributed by atoms with van der Waals surface area (Å²) < 4.78 is 0. The van der Waals surface area contributed by atoms with E-state index in [0.29, 0.717) is 5.92 Å². The van der Waals surface area contributed by atoms with E-state index < -0.39 is 0 Å². The summed E-state index contributed by atoms with van der Waals surface area (Å²) in [5.74, 6) is 0.487. The first-order valence-corrected chi connectivity index (χ1v) is 13.6. The van der Waals surface area contributed by atoms with E-state index in [1.54, 1.807) is 6.08 Å². The van der Waals surface area contributed by atoms with E-state index in [2.05, 4.69) is 121 Å². The Bertz CT molecular complexity index is 1050. The molecule has 1 nitrogen and oxygen atoms in total. The predicted octanol–water partition coefficient (Wildman–Crippen LogP) is 11.4. The molecule has 0 fully saturated rings. The van der Waals surface area contributed by atoms with Gasteiger partial charge in [0.25, 0.3) is 0 Å². The number of hydrogen-bond acceptors (Lipinski definition) is 1. The molecule has 1 aliphatic carbocycles. The number of aryl methyl sites for hydroxylation is 2. The molecule has 3 rings (SSSR count). The Kier molecular flexibility index (Phi) is 17.4. The molecule has 2 aromatic rings. The van der Waals surface area contributed by atoms with Gasteiger partial charge in [0.15, 0.2) is 0 Å². The molecule has 2 aromatic carbocycles. The molecule has 0 aromatic heterocycles. The Balaban J connectivity index is 0.000000756. The van der Waals surface area contributed by atoms with Crippen LogP contribution < -0.4 is 0 Å². The number of aliphatic imine (C=N–C) groups is 1. The third-order valence-corrected chi connectivity index (χ3v) is 6.37. The van der Waals surface area contributed by atoms with E-state index in [1.807, 2.05) is 39.0 Å². The van der Waals surface area contributed by atoms with E-state index >= 15 is 0 Å². The van der Waals surface area contributed by atoms with Gasteiger partial charge in [-0.1, -0.05) is 137 Å². The van der Waals surface area contributed by atoms with Gasteiger partial charge in [0, 0.05) is 5.71 Å². The summed E-state index contributed by atoms with van der Waals surface area (Å²) in [4.78, 5) is 4.93. The van der Waals surface area contributed by atoms with Crippen molar-refractivity contribution in [3.63, 3.8) is 0 Å². The summed E-state index contributed by atoms with van der Waals surface area (Å²) in [5.41, 5.74) is 7.32. The zero-order chi connectivity index (χ0) is 28.3. The van der Waals surface area contributed by atoms with Crippen molar-refractivity contribution in [3.8, 4) is 0 Å². The van der Waals surface area contributed by atoms with Crippen LogP contribution in [0, 0.1) is 25.2 Å². The van der Waals surface area contributed by atoms with Gasteiger partial charge in [-0.3, -0.25) is 4.99 Å². The molecule has 0 aliphatic heterocycles. The van der Waals surface area contributed by atoms with E-state index in [0.717, 1.165) is 29.8 Å². The zero-order valence-electron chi connectivity index (χ0n) is 25.0. The molecule has 200 valence electrons. The molecule has 2 unspecified atom stereocenters. The van der Waals surface area contributed by atoms with Gasteiger partial charge in [-0.25, -0.2) is 0 Å². The summed E-state index contributed by atoms with van der Waals surface area (Å²) >= 11 is 0. The molecule has 1 heteroatoms. The predicted molar refractivity (Wildman–Crippen MR) is 170 cm³/mol. The summed E-state index contributed by atoms with van der Waals surface area (Å²) in [6.45, 7) is 26.0. The second-order valence-corrected chi connectivity index (χ2v) is 9.39. The summed E-state index contributed by atoms with van der Waals surface area (Å²) in [7, 11) is 0. The maximum absolute atomic E-state index is 4.93. The third-order valence-electron chi connectivity index (χ3n) is 6.37. The molecule has 0 heterocycles. The maximum atomic E-state index is 4.93. The van der Waals surface area contributed by atoms with E-state index in [4.69, 9.17) is 4.99 Å². The van der Waals surface area contributed by atoms with Crippen LogP contribution in [0.3, 0.4) is 0 Å². The van der Waals surface area contributed by atoms with E-state index in [9.17, 15) is 0 Å². The van der Waals surface area contributed by atoms with Gasteiger partial charge in [0.2, 0.25) is 0 Å². The first-order valence-electron chi connectivity index (χ1n) is 13.6. The molecular weight excluding hydrogens is 446 g/mol. The summed E-state index contributed by atoms with van der Waals surface area (Å²) in [6, 6.07) is 18.6. The molecule has 0 bridgehead atoms. The minimum absolute atomic E-state index is 0.174. The maximum Gasteiger partial charge on any atom is 0.0662 e. The molecule has 1 aliphatic rings. The quantitative estimate of drug-likeness (QED) is 0.214.